The van der Waals surface area contributed by atoms with Crippen LogP contribution in [0, 0.1) is 11.3 Å². The Bertz CT molecular complexity index is 802. The molecule has 0 radical (unpaired) electrons. The van der Waals surface area contributed by atoms with Crippen molar-refractivity contribution in [1.82, 2.24) is 4.90 Å². The molecule has 0 heterocycles. The van der Waals surface area contributed by atoms with Gasteiger partial charge in [-0.3, -0.25) is 4.79 Å². The Morgan fingerprint density at radius 3 is 2.50 bits per heavy atom. The highest BCUT2D eigenvalue weighted by Crippen LogP contribution is 2.29. The molecule has 0 spiro atoms. The number of nitrogens with zero attached hydrogens (tertiary/aromatic N) is 2. The van der Waals surface area contributed by atoms with E-state index in [2.05, 4.69) is 44.2 Å². The van der Waals surface area contributed by atoms with Gasteiger partial charge in [-0.05, 0) is 42.0 Å². The van der Waals surface area contributed by atoms with Crippen LogP contribution >= 0.6 is 0 Å². The Hall–Kier alpha value is -2.80. The second-order valence-corrected chi connectivity index (χ2v) is 7.05. The SMILES string of the molecule is CC(C)c1ccc(CN(C(=O)COc2ccccc2C#N)C2CC2)cc1. The van der Waals surface area contributed by atoms with E-state index in [9.17, 15) is 4.79 Å². The van der Waals surface area contributed by atoms with E-state index in [0.29, 0.717) is 29.8 Å². The van der Waals surface area contributed by atoms with Crippen molar-refractivity contribution >= 4 is 5.91 Å². The molecule has 0 bridgehead atoms. The number of para-hydroxylation sites is 1. The van der Waals surface area contributed by atoms with Crippen LogP contribution < -0.4 is 4.74 Å². The number of ether oxygens (including phenoxy) is 1. The van der Waals surface area contributed by atoms with Gasteiger partial charge in [-0.15, -0.1) is 0 Å². The van der Waals surface area contributed by atoms with Crippen LogP contribution in [0.5, 0.6) is 5.75 Å². The monoisotopic (exact) mass is 348 g/mol. The van der Waals surface area contributed by atoms with Crippen molar-refractivity contribution in [2.75, 3.05) is 6.61 Å². The summed E-state index contributed by atoms with van der Waals surface area (Å²) in [6, 6.07) is 17.9. The maximum Gasteiger partial charge on any atom is 0.261 e. The first-order valence-electron chi connectivity index (χ1n) is 9.08. The summed E-state index contributed by atoms with van der Waals surface area (Å²) in [5.41, 5.74) is 2.88. The third-order valence-electron chi connectivity index (χ3n) is 4.67. The number of rotatable bonds is 7. The fraction of sp³-hybridized carbons (Fsp3) is 0.364. The summed E-state index contributed by atoms with van der Waals surface area (Å²) in [6.07, 6.45) is 2.09. The Morgan fingerprint density at radius 1 is 1.19 bits per heavy atom. The van der Waals surface area contributed by atoms with Crippen LogP contribution in [0.2, 0.25) is 0 Å². The molecular formula is C22H24N2O2. The van der Waals surface area contributed by atoms with Crippen LogP contribution in [0.4, 0.5) is 0 Å². The first-order valence-corrected chi connectivity index (χ1v) is 9.08. The number of benzene rings is 2. The molecule has 0 unspecified atom stereocenters. The number of nitriles is 1. The van der Waals surface area contributed by atoms with Crippen LogP contribution in [0.3, 0.4) is 0 Å². The molecule has 4 heteroatoms. The normalized spacial score (nSPS) is 13.3. The van der Waals surface area contributed by atoms with Gasteiger partial charge in [-0.1, -0.05) is 50.2 Å². The van der Waals surface area contributed by atoms with Crippen LogP contribution in [0.1, 0.15) is 49.3 Å². The van der Waals surface area contributed by atoms with Crippen molar-refractivity contribution in [1.29, 1.82) is 5.26 Å². The van der Waals surface area contributed by atoms with Crippen molar-refractivity contribution < 1.29 is 9.53 Å². The van der Waals surface area contributed by atoms with Gasteiger partial charge in [-0.2, -0.15) is 5.26 Å². The molecule has 1 aliphatic rings. The summed E-state index contributed by atoms with van der Waals surface area (Å²) >= 11 is 0. The summed E-state index contributed by atoms with van der Waals surface area (Å²) in [6.45, 7) is 4.90. The van der Waals surface area contributed by atoms with Gasteiger partial charge in [0.2, 0.25) is 0 Å². The van der Waals surface area contributed by atoms with Gasteiger partial charge < -0.3 is 9.64 Å². The molecule has 2 aromatic rings. The Morgan fingerprint density at radius 2 is 1.88 bits per heavy atom. The number of amides is 1. The average molecular weight is 348 g/mol. The quantitative estimate of drug-likeness (QED) is 0.751. The third kappa shape index (κ3) is 4.43. The van der Waals surface area contributed by atoms with Crippen molar-refractivity contribution in [2.24, 2.45) is 0 Å². The predicted octanol–water partition coefficient (Wildman–Crippen LogP) is 4.25. The molecule has 0 aliphatic heterocycles. The molecule has 4 nitrogen and oxygen atoms in total. The Kier molecular flexibility index (Phi) is 5.58. The molecule has 134 valence electrons. The minimum Gasteiger partial charge on any atom is -0.482 e. The van der Waals surface area contributed by atoms with Gasteiger partial charge in [0, 0.05) is 12.6 Å². The minimum absolute atomic E-state index is 0.0341. The van der Waals surface area contributed by atoms with Crippen LogP contribution in [-0.2, 0) is 11.3 Å². The molecule has 0 aromatic heterocycles. The van der Waals surface area contributed by atoms with Gasteiger partial charge in [0.05, 0.1) is 5.56 Å². The van der Waals surface area contributed by atoms with E-state index in [4.69, 9.17) is 10.00 Å². The van der Waals surface area contributed by atoms with Gasteiger partial charge in [-0.25, -0.2) is 0 Å². The van der Waals surface area contributed by atoms with Gasteiger partial charge in [0.15, 0.2) is 6.61 Å². The lowest BCUT2D eigenvalue weighted by atomic mass is 10.0. The zero-order chi connectivity index (χ0) is 18.5. The molecule has 1 saturated carbocycles. The number of hydrogen-bond acceptors (Lipinski definition) is 3. The van der Waals surface area contributed by atoms with Crippen molar-refractivity contribution in [3.63, 3.8) is 0 Å². The largest absolute Gasteiger partial charge is 0.482 e. The fourth-order valence-electron chi connectivity index (χ4n) is 2.92. The van der Waals surface area contributed by atoms with Crippen molar-refractivity contribution in [2.45, 2.75) is 45.2 Å². The van der Waals surface area contributed by atoms with Crippen LogP contribution in [0.25, 0.3) is 0 Å². The minimum atomic E-state index is -0.0424. The molecule has 1 fully saturated rings. The molecule has 1 aliphatic carbocycles. The van der Waals surface area contributed by atoms with E-state index in [-0.39, 0.29) is 12.5 Å². The first kappa shape index (κ1) is 18.0. The second-order valence-electron chi connectivity index (χ2n) is 7.05. The predicted molar refractivity (Wildman–Crippen MR) is 101 cm³/mol. The lowest BCUT2D eigenvalue weighted by molar-refractivity contribution is -0.134. The Labute approximate surface area is 155 Å². The van der Waals surface area contributed by atoms with E-state index in [0.717, 1.165) is 18.4 Å². The zero-order valence-corrected chi connectivity index (χ0v) is 15.3. The van der Waals surface area contributed by atoms with Crippen molar-refractivity contribution in [3.8, 4) is 11.8 Å². The highest BCUT2D eigenvalue weighted by Gasteiger charge is 2.32. The highest BCUT2D eigenvalue weighted by atomic mass is 16.5. The van der Waals surface area contributed by atoms with E-state index in [1.165, 1.54) is 5.56 Å². The second kappa shape index (κ2) is 8.05. The lowest BCUT2D eigenvalue weighted by Gasteiger charge is -2.23. The summed E-state index contributed by atoms with van der Waals surface area (Å²) < 4.78 is 5.62. The van der Waals surface area contributed by atoms with E-state index in [1.807, 2.05) is 4.90 Å². The fourth-order valence-corrected chi connectivity index (χ4v) is 2.92. The lowest BCUT2D eigenvalue weighted by Crippen LogP contribution is -2.36. The Balaban J connectivity index is 1.64. The number of carbonyl (C=O) groups is 1. The third-order valence-corrected chi connectivity index (χ3v) is 4.67. The van der Waals surface area contributed by atoms with E-state index in [1.54, 1.807) is 24.3 Å². The van der Waals surface area contributed by atoms with E-state index < -0.39 is 0 Å². The van der Waals surface area contributed by atoms with E-state index >= 15 is 0 Å². The topological polar surface area (TPSA) is 53.3 Å². The smallest absolute Gasteiger partial charge is 0.261 e. The van der Waals surface area contributed by atoms with Gasteiger partial charge in [0.1, 0.15) is 11.8 Å². The summed E-state index contributed by atoms with van der Waals surface area (Å²) in [7, 11) is 0. The van der Waals surface area contributed by atoms with Gasteiger partial charge >= 0.3 is 0 Å². The molecule has 0 N–H and O–H groups in total. The molecule has 3 rings (SSSR count). The molecule has 1 amide bonds. The standard InChI is InChI=1S/C22H24N2O2/c1-16(2)18-9-7-17(8-10-18)14-24(20-11-12-20)22(25)15-26-21-6-4-3-5-19(21)13-23/h3-10,16,20H,11-12,14-15H2,1-2H3. The first-order chi connectivity index (χ1) is 12.6. The maximum atomic E-state index is 12.7. The molecule has 0 saturated heterocycles. The summed E-state index contributed by atoms with van der Waals surface area (Å²) in [5.74, 6) is 0.924. The highest BCUT2D eigenvalue weighted by molar-refractivity contribution is 5.78. The average Bonchev–Trinajstić information content (AvgIpc) is 3.49. The molecule has 0 atom stereocenters. The van der Waals surface area contributed by atoms with Crippen LogP contribution in [0.15, 0.2) is 48.5 Å². The number of hydrogen-bond donors (Lipinski definition) is 0. The van der Waals surface area contributed by atoms with Gasteiger partial charge in [0.25, 0.3) is 5.91 Å². The summed E-state index contributed by atoms with van der Waals surface area (Å²) in [5, 5.41) is 9.12. The number of carbonyl (C=O) groups excluding carboxylic acids is 1. The molecule has 26 heavy (non-hydrogen) atoms. The maximum absolute atomic E-state index is 12.7. The molecule has 2 aromatic carbocycles. The zero-order valence-electron chi connectivity index (χ0n) is 15.3. The van der Waals surface area contributed by atoms with Crippen molar-refractivity contribution in [3.05, 3.63) is 65.2 Å². The van der Waals surface area contributed by atoms with Crippen LogP contribution in [-0.4, -0.2) is 23.5 Å². The molecular weight excluding hydrogens is 324 g/mol. The summed E-state index contributed by atoms with van der Waals surface area (Å²) in [4.78, 5) is 14.6.